The number of aromatic nitrogens is 5. The molecule has 2 aliphatic rings. The Balaban J connectivity index is 0.957. The molecular formula is C33H36ClN9O2. The molecule has 2 fully saturated rings. The Morgan fingerprint density at radius 2 is 1.67 bits per heavy atom. The van der Waals surface area contributed by atoms with Gasteiger partial charge in [-0.2, -0.15) is 4.98 Å². The predicted molar refractivity (Wildman–Crippen MR) is 174 cm³/mol. The van der Waals surface area contributed by atoms with Gasteiger partial charge in [-0.15, -0.1) is 5.10 Å². The number of rotatable bonds is 8. The molecule has 0 atom stereocenters. The maximum absolute atomic E-state index is 13.2. The number of imidazole rings is 1. The minimum Gasteiger partial charge on any atom is -0.385 e. The molecule has 2 saturated heterocycles. The number of hydrogen-bond donors (Lipinski definition) is 2. The molecule has 12 heteroatoms. The van der Waals surface area contributed by atoms with Gasteiger partial charge < -0.3 is 24.8 Å². The van der Waals surface area contributed by atoms with E-state index in [4.69, 9.17) is 16.6 Å². The summed E-state index contributed by atoms with van der Waals surface area (Å²) in [6.07, 6.45) is 8.68. The van der Waals surface area contributed by atoms with Gasteiger partial charge in [0.1, 0.15) is 0 Å². The summed E-state index contributed by atoms with van der Waals surface area (Å²) in [6.45, 7) is 6.38. The van der Waals surface area contributed by atoms with Crippen molar-refractivity contribution in [2.75, 3.05) is 56.0 Å². The number of fused-ring (bicyclic) bond motifs is 1. The van der Waals surface area contributed by atoms with Crippen molar-refractivity contribution in [3.63, 3.8) is 0 Å². The molecule has 1 amide bonds. The third-order valence-corrected chi connectivity index (χ3v) is 9.19. The van der Waals surface area contributed by atoms with Gasteiger partial charge in [-0.25, -0.2) is 9.50 Å². The molecule has 5 aromatic rings. The highest BCUT2D eigenvalue weighted by Gasteiger charge is 2.34. The topological polar surface area (TPSA) is 107 Å². The van der Waals surface area contributed by atoms with Crippen molar-refractivity contribution >= 4 is 40.5 Å². The number of piperidine rings is 1. The molecule has 11 nitrogen and oxygen atoms in total. The van der Waals surface area contributed by atoms with Crippen molar-refractivity contribution in [1.29, 1.82) is 0 Å². The van der Waals surface area contributed by atoms with Crippen LogP contribution < -0.4 is 10.2 Å². The first-order valence-electron chi connectivity index (χ1n) is 15.4. The number of nitrogens with zero attached hydrogens (tertiary/aromatic N) is 8. The lowest BCUT2D eigenvalue weighted by atomic mass is 9.84. The van der Waals surface area contributed by atoms with Crippen LogP contribution in [0.25, 0.3) is 5.65 Å². The van der Waals surface area contributed by atoms with Gasteiger partial charge in [-0.3, -0.25) is 9.69 Å². The van der Waals surface area contributed by atoms with E-state index in [1.807, 2.05) is 84.3 Å². The first kappa shape index (κ1) is 29.3. The van der Waals surface area contributed by atoms with E-state index in [0.717, 1.165) is 48.8 Å². The van der Waals surface area contributed by atoms with Gasteiger partial charge in [0.05, 0.1) is 17.6 Å². The van der Waals surface area contributed by atoms with Gasteiger partial charge in [0.25, 0.3) is 5.91 Å². The highest BCUT2D eigenvalue weighted by atomic mass is 35.5. The van der Waals surface area contributed by atoms with E-state index in [1.54, 1.807) is 10.7 Å². The minimum atomic E-state index is -0.879. The summed E-state index contributed by atoms with van der Waals surface area (Å²) in [5.41, 5.74) is 3.20. The monoisotopic (exact) mass is 625 g/mol. The first-order valence-corrected chi connectivity index (χ1v) is 15.7. The van der Waals surface area contributed by atoms with Crippen molar-refractivity contribution in [3.05, 3.63) is 102 Å². The molecule has 0 radical (unpaired) electrons. The van der Waals surface area contributed by atoms with Crippen LogP contribution in [0, 0.1) is 0 Å². The fraction of sp³-hybridized carbons (Fsp3) is 0.333. The molecule has 2 aromatic carbocycles. The number of nitrogens with one attached hydrogen (secondary N) is 1. The van der Waals surface area contributed by atoms with E-state index in [0.29, 0.717) is 55.6 Å². The Bertz CT molecular complexity index is 1740. The average molecular weight is 626 g/mol. The fourth-order valence-corrected chi connectivity index (χ4v) is 6.34. The molecule has 3 aromatic heterocycles. The number of anilines is 3. The van der Waals surface area contributed by atoms with Gasteiger partial charge in [-0.05, 0) is 66.9 Å². The molecule has 0 spiro atoms. The van der Waals surface area contributed by atoms with E-state index in [1.165, 1.54) is 0 Å². The SMILES string of the molecule is O=C(c1ccc(Nc2nc3c(N4CCC(O)(c5ccc(Cl)cc5)CC4)cccn3n2)cc1)N1CCN(CCn2ccnc2)CC1. The minimum absolute atomic E-state index is 0.0517. The standard InChI is InChI=1S/C33H36ClN9O2/c34-27-7-5-26(6-8-27)33(45)11-15-41(16-12-33)29-2-1-14-43-30(29)37-32(38-43)36-28-9-3-25(4-10-28)31(44)42-22-20-39(21-23-42)18-19-40-17-13-35-24-40/h1-10,13-14,17,24,45H,11-12,15-16,18-23H2,(H,36,38). The van der Waals surface area contributed by atoms with Crippen LogP contribution in [0.2, 0.25) is 5.02 Å². The third-order valence-electron chi connectivity index (χ3n) is 8.94. The second-order valence-corrected chi connectivity index (χ2v) is 12.2. The quantitative estimate of drug-likeness (QED) is 0.263. The summed E-state index contributed by atoms with van der Waals surface area (Å²) in [5.74, 6) is 0.527. The van der Waals surface area contributed by atoms with Crippen LogP contribution in [0.3, 0.4) is 0 Å². The van der Waals surface area contributed by atoms with Crippen LogP contribution in [0.15, 0.2) is 85.6 Å². The molecule has 232 valence electrons. The Hall–Kier alpha value is -4.45. The zero-order chi connectivity index (χ0) is 30.8. The molecule has 5 heterocycles. The number of pyridine rings is 1. The Morgan fingerprint density at radius 3 is 2.38 bits per heavy atom. The number of amides is 1. The van der Waals surface area contributed by atoms with Gasteiger partial charge in [-0.1, -0.05) is 23.7 Å². The lowest BCUT2D eigenvalue weighted by molar-refractivity contribution is 0.0118. The van der Waals surface area contributed by atoms with Crippen molar-refractivity contribution < 1.29 is 9.90 Å². The molecule has 45 heavy (non-hydrogen) atoms. The van der Waals surface area contributed by atoms with E-state index >= 15 is 0 Å². The maximum Gasteiger partial charge on any atom is 0.253 e. The smallest absolute Gasteiger partial charge is 0.253 e. The van der Waals surface area contributed by atoms with Gasteiger partial charge in [0, 0.05) is 87.2 Å². The van der Waals surface area contributed by atoms with Crippen LogP contribution in [-0.2, 0) is 12.1 Å². The van der Waals surface area contributed by atoms with Gasteiger partial charge in [0.15, 0.2) is 5.65 Å². The summed E-state index contributed by atoms with van der Waals surface area (Å²) < 4.78 is 3.84. The van der Waals surface area contributed by atoms with Crippen LogP contribution in [0.4, 0.5) is 17.3 Å². The van der Waals surface area contributed by atoms with Crippen molar-refractivity contribution in [2.45, 2.75) is 25.0 Å². The van der Waals surface area contributed by atoms with E-state index < -0.39 is 5.60 Å². The number of halogens is 1. The average Bonchev–Trinajstić information content (AvgIpc) is 3.75. The second kappa shape index (κ2) is 12.5. The van der Waals surface area contributed by atoms with Crippen molar-refractivity contribution in [2.24, 2.45) is 0 Å². The van der Waals surface area contributed by atoms with Crippen LogP contribution in [0.1, 0.15) is 28.8 Å². The number of carbonyl (C=O) groups is 1. The lowest BCUT2D eigenvalue weighted by Gasteiger charge is -2.39. The Kier molecular flexibility index (Phi) is 8.14. The summed E-state index contributed by atoms with van der Waals surface area (Å²) in [4.78, 5) is 28.6. The second-order valence-electron chi connectivity index (χ2n) is 11.8. The summed E-state index contributed by atoms with van der Waals surface area (Å²) in [5, 5.41) is 19.9. The van der Waals surface area contributed by atoms with Crippen molar-refractivity contribution in [3.8, 4) is 0 Å². The lowest BCUT2D eigenvalue weighted by Crippen LogP contribution is -2.49. The van der Waals surface area contributed by atoms with E-state index in [2.05, 4.69) is 29.8 Å². The normalized spacial score (nSPS) is 17.1. The maximum atomic E-state index is 13.2. The summed E-state index contributed by atoms with van der Waals surface area (Å²) >= 11 is 6.05. The zero-order valence-electron chi connectivity index (χ0n) is 25.0. The molecule has 0 aliphatic carbocycles. The number of aliphatic hydroxyl groups is 1. The number of carbonyl (C=O) groups excluding carboxylic acids is 1. The van der Waals surface area contributed by atoms with Crippen LogP contribution in [-0.4, -0.2) is 90.8 Å². The van der Waals surface area contributed by atoms with Crippen LogP contribution >= 0.6 is 11.6 Å². The van der Waals surface area contributed by atoms with E-state index in [-0.39, 0.29) is 5.91 Å². The third kappa shape index (κ3) is 6.37. The molecule has 2 N–H and O–H groups in total. The fourth-order valence-electron chi connectivity index (χ4n) is 6.22. The van der Waals surface area contributed by atoms with Crippen LogP contribution in [0.5, 0.6) is 0 Å². The van der Waals surface area contributed by atoms with E-state index in [9.17, 15) is 9.90 Å². The highest BCUT2D eigenvalue weighted by molar-refractivity contribution is 6.30. The Morgan fingerprint density at radius 1 is 0.911 bits per heavy atom. The first-order chi connectivity index (χ1) is 21.9. The summed E-state index contributed by atoms with van der Waals surface area (Å²) in [6, 6.07) is 19.0. The number of hydrogen-bond acceptors (Lipinski definition) is 8. The molecule has 0 unspecified atom stereocenters. The van der Waals surface area contributed by atoms with Crippen molar-refractivity contribution in [1.82, 2.24) is 33.9 Å². The Labute approximate surface area is 266 Å². The number of benzene rings is 2. The molecule has 0 bridgehead atoms. The molecule has 0 saturated carbocycles. The highest BCUT2D eigenvalue weighted by Crippen LogP contribution is 2.36. The zero-order valence-corrected chi connectivity index (χ0v) is 25.7. The van der Waals surface area contributed by atoms with Gasteiger partial charge >= 0.3 is 0 Å². The summed E-state index contributed by atoms with van der Waals surface area (Å²) in [7, 11) is 0. The largest absolute Gasteiger partial charge is 0.385 e. The molecule has 7 rings (SSSR count). The predicted octanol–water partition coefficient (Wildman–Crippen LogP) is 4.27. The molecular weight excluding hydrogens is 590 g/mol. The number of piperazine rings is 1. The van der Waals surface area contributed by atoms with Gasteiger partial charge in [0.2, 0.25) is 5.95 Å². The molecule has 2 aliphatic heterocycles.